The molecule has 0 spiro atoms. The van der Waals surface area contributed by atoms with Crippen LogP contribution < -0.4 is 0 Å². The molecule has 0 heterocycles. The summed E-state index contributed by atoms with van der Waals surface area (Å²) in [7, 11) is 0. The van der Waals surface area contributed by atoms with E-state index in [4.69, 9.17) is 5.21 Å². The number of fused-ring (bicyclic) bond motifs is 2. The first kappa shape index (κ1) is 15.8. The van der Waals surface area contributed by atoms with Crippen molar-refractivity contribution in [3.8, 4) is 0 Å². The average Bonchev–Trinajstić information content (AvgIpc) is 2.72. The van der Waals surface area contributed by atoms with Crippen molar-refractivity contribution in [3.05, 3.63) is 70.8 Å². The van der Waals surface area contributed by atoms with Gasteiger partial charge in [0.2, 0.25) is 0 Å². The second-order valence-corrected chi connectivity index (χ2v) is 6.48. The zero-order chi connectivity index (χ0) is 16.1. The van der Waals surface area contributed by atoms with Crippen LogP contribution in [0.5, 0.6) is 0 Å². The molecular weight excluding hydrogens is 282 g/mol. The summed E-state index contributed by atoms with van der Waals surface area (Å²) in [6, 6.07) is 17.8. The van der Waals surface area contributed by atoms with Gasteiger partial charge in [-0.1, -0.05) is 61.9 Å². The van der Waals surface area contributed by atoms with Gasteiger partial charge in [-0.15, -0.1) is 5.16 Å². The normalized spacial score (nSPS) is 15.9. The first-order chi connectivity index (χ1) is 11.3. The molecular formula is C21H25NO. The molecule has 2 nitrogen and oxygen atoms in total. The van der Waals surface area contributed by atoms with Crippen LogP contribution in [0.2, 0.25) is 0 Å². The second-order valence-electron chi connectivity index (χ2n) is 6.48. The molecule has 2 aromatic rings. The van der Waals surface area contributed by atoms with Gasteiger partial charge >= 0.3 is 0 Å². The van der Waals surface area contributed by atoms with E-state index in [0.29, 0.717) is 0 Å². The molecule has 1 N–H and O–H groups in total. The minimum atomic E-state index is 0.0274. The van der Waals surface area contributed by atoms with E-state index in [0.717, 1.165) is 38.5 Å². The van der Waals surface area contributed by atoms with Crippen LogP contribution in [0.1, 0.15) is 54.9 Å². The molecule has 0 aromatic heterocycles. The van der Waals surface area contributed by atoms with Gasteiger partial charge < -0.3 is 5.21 Å². The molecule has 3 rings (SSSR count). The quantitative estimate of drug-likeness (QED) is 0.464. The van der Waals surface area contributed by atoms with Crippen LogP contribution in [-0.4, -0.2) is 11.4 Å². The molecule has 1 aliphatic carbocycles. The van der Waals surface area contributed by atoms with Gasteiger partial charge in [0.25, 0.3) is 0 Å². The maximum Gasteiger partial charge on any atom is 0.0436 e. The number of nitrogens with zero attached hydrogens (tertiary/aromatic N) is 1. The van der Waals surface area contributed by atoms with Gasteiger partial charge in [-0.2, -0.15) is 0 Å². The Morgan fingerprint density at radius 2 is 1.52 bits per heavy atom. The smallest absolute Gasteiger partial charge is 0.0436 e. The molecule has 0 atom stereocenters. The van der Waals surface area contributed by atoms with Crippen molar-refractivity contribution in [2.45, 2.75) is 50.9 Å². The van der Waals surface area contributed by atoms with Gasteiger partial charge in [0.05, 0.1) is 0 Å². The Hall–Kier alpha value is -2.09. The molecule has 23 heavy (non-hydrogen) atoms. The highest BCUT2D eigenvalue weighted by molar-refractivity contribution is 5.58. The van der Waals surface area contributed by atoms with Crippen molar-refractivity contribution in [1.29, 1.82) is 0 Å². The number of hydrogen-bond acceptors (Lipinski definition) is 2. The van der Waals surface area contributed by atoms with Gasteiger partial charge in [0.15, 0.2) is 0 Å². The third-order valence-electron chi connectivity index (χ3n) is 5.19. The molecule has 0 bridgehead atoms. The van der Waals surface area contributed by atoms with Crippen LogP contribution in [0.4, 0.5) is 0 Å². The summed E-state index contributed by atoms with van der Waals surface area (Å²) in [5, 5.41) is 12.0. The third kappa shape index (κ3) is 2.90. The van der Waals surface area contributed by atoms with Crippen LogP contribution in [0, 0.1) is 0 Å². The number of oxime groups is 1. The lowest BCUT2D eigenvalue weighted by molar-refractivity contribution is 0.319. The first-order valence-corrected chi connectivity index (χ1v) is 8.64. The van der Waals surface area contributed by atoms with E-state index < -0.39 is 0 Å². The minimum Gasteiger partial charge on any atom is -0.411 e. The van der Waals surface area contributed by atoms with Crippen LogP contribution >= 0.6 is 0 Å². The Morgan fingerprint density at radius 3 is 2.04 bits per heavy atom. The molecule has 2 aromatic carbocycles. The van der Waals surface area contributed by atoms with Crippen LogP contribution in [0.15, 0.2) is 53.7 Å². The molecule has 120 valence electrons. The first-order valence-electron chi connectivity index (χ1n) is 8.64. The summed E-state index contributed by atoms with van der Waals surface area (Å²) in [6.45, 7) is 2.26. The van der Waals surface area contributed by atoms with Crippen molar-refractivity contribution >= 4 is 6.21 Å². The lowest BCUT2D eigenvalue weighted by atomic mass is 9.67. The van der Waals surface area contributed by atoms with Crippen LogP contribution in [-0.2, 0) is 18.3 Å². The largest absolute Gasteiger partial charge is 0.411 e. The zero-order valence-electron chi connectivity index (χ0n) is 13.8. The Labute approximate surface area is 138 Å². The standard InChI is InChI=1S/C21H25NO/c1-2-14-21(15-7-16-22-23)19-10-5-3-8-17(19)12-13-18-9-4-6-11-20(18)21/h3-6,8-11,16,23H,2,7,12-15H2,1H3/b22-16+. The summed E-state index contributed by atoms with van der Waals surface area (Å²) in [5.74, 6) is 0. The highest BCUT2D eigenvalue weighted by Gasteiger charge is 2.37. The molecule has 0 aliphatic heterocycles. The molecule has 0 radical (unpaired) electrons. The minimum absolute atomic E-state index is 0.0274. The van der Waals surface area contributed by atoms with Crippen molar-refractivity contribution < 1.29 is 5.21 Å². The maximum atomic E-state index is 8.83. The van der Waals surface area contributed by atoms with Crippen molar-refractivity contribution in [3.63, 3.8) is 0 Å². The summed E-state index contributed by atoms with van der Waals surface area (Å²) >= 11 is 0. The predicted octanol–water partition coefficient (Wildman–Crippen LogP) is 5.11. The number of rotatable bonds is 5. The summed E-state index contributed by atoms with van der Waals surface area (Å²) in [6.07, 6.45) is 7.88. The molecule has 0 saturated heterocycles. The number of hydrogen-bond donors (Lipinski definition) is 1. The SMILES string of the molecule is CCCC1(CC/C=N/O)c2ccccc2CCc2ccccc21. The summed E-state index contributed by atoms with van der Waals surface area (Å²) < 4.78 is 0. The van der Waals surface area contributed by atoms with Crippen LogP contribution in [0.25, 0.3) is 0 Å². The van der Waals surface area contributed by atoms with Gasteiger partial charge in [-0.05, 0) is 54.4 Å². The molecule has 0 fully saturated rings. The van der Waals surface area contributed by atoms with E-state index >= 15 is 0 Å². The Balaban J connectivity index is 2.20. The molecule has 1 aliphatic rings. The second kappa shape index (κ2) is 6.99. The highest BCUT2D eigenvalue weighted by atomic mass is 16.4. The average molecular weight is 307 g/mol. The molecule has 0 unspecified atom stereocenters. The van der Waals surface area contributed by atoms with Gasteiger partial charge in [-0.25, -0.2) is 0 Å². The fourth-order valence-corrected chi connectivity index (χ4v) is 4.28. The maximum absolute atomic E-state index is 8.83. The van der Waals surface area contributed by atoms with E-state index in [1.165, 1.54) is 22.3 Å². The fraction of sp³-hybridized carbons (Fsp3) is 0.381. The van der Waals surface area contributed by atoms with Gasteiger partial charge in [-0.3, -0.25) is 0 Å². The third-order valence-corrected chi connectivity index (χ3v) is 5.19. The van der Waals surface area contributed by atoms with E-state index in [1.54, 1.807) is 6.21 Å². The summed E-state index contributed by atoms with van der Waals surface area (Å²) in [5.41, 5.74) is 5.91. The predicted molar refractivity (Wildman–Crippen MR) is 95.5 cm³/mol. The van der Waals surface area contributed by atoms with E-state index in [1.807, 2.05) is 0 Å². The lowest BCUT2D eigenvalue weighted by Crippen LogP contribution is -2.29. The van der Waals surface area contributed by atoms with Crippen molar-refractivity contribution in [1.82, 2.24) is 0 Å². The molecule has 0 amide bonds. The molecule has 0 saturated carbocycles. The Morgan fingerprint density at radius 1 is 0.957 bits per heavy atom. The fourth-order valence-electron chi connectivity index (χ4n) is 4.28. The summed E-state index contributed by atoms with van der Waals surface area (Å²) in [4.78, 5) is 0. The Bertz CT molecular complexity index is 642. The van der Waals surface area contributed by atoms with E-state index in [9.17, 15) is 0 Å². The van der Waals surface area contributed by atoms with Gasteiger partial charge in [0, 0.05) is 11.6 Å². The topological polar surface area (TPSA) is 32.6 Å². The Kier molecular flexibility index (Phi) is 4.80. The number of benzene rings is 2. The van der Waals surface area contributed by atoms with Crippen molar-refractivity contribution in [2.75, 3.05) is 0 Å². The van der Waals surface area contributed by atoms with Crippen LogP contribution in [0.3, 0.4) is 0 Å². The van der Waals surface area contributed by atoms with Gasteiger partial charge in [0.1, 0.15) is 0 Å². The number of aryl methyl sites for hydroxylation is 2. The monoisotopic (exact) mass is 307 g/mol. The highest BCUT2D eigenvalue weighted by Crippen LogP contribution is 2.45. The van der Waals surface area contributed by atoms with Crippen molar-refractivity contribution in [2.24, 2.45) is 5.16 Å². The van der Waals surface area contributed by atoms with E-state index in [2.05, 4.69) is 60.6 Å². The molecule has 2 heteroatoms. The zero-order valence-corrected chi connectivity index (χ0v) is 13.8. The van der Waals surface area contributed by atoms with E-state index in [-0.39, 0.29) is 5.41 Å². The lowest BCUT2D eigenvalue weighted by Gasteiger charge is -2.36.